The summed E-state index contributed by atoms with van der Waals surface area (Å²) >= 11 is 0. The van der Waals surface area contributed by atoms with Gasteiger partial charge in [0.25, 0.3) is 0 Å². The number of nitrogens with one attached hydrogen (secondary N) is 1. The molecule has 1 saturated carbocycles. The van der Waals surface area contributed by atoms with Crippen LogP contribution < -0.4 is 5.32 Å². The maximum Gasteiger partial charge on any atom is 0.148 e. The van der Waals surface area contributed by atoms with Crippen molar-refractivity contribution in [1.82, 2.24) is 20.1 Å². The number of nitrogens with zero attached hydrogens (tertiary/aromatic N) is 3. The first-order chi connectivity index (χ1) is 9.79. The lowest BCUT2D eigenvalue weighted by Gasteiger charge is -2.08. The molecular weight excluding hydrogens is 248 g/mol. The number of hydrogen-bond donors (Lipinski definition) is 1. The highest BCUT2D eigenvalue weighted by molar-refractivity contribution is 5.42. The second-order valence-electron chi connectivity index (χ2n) is 5.95. The lowest BCUT2D eigenvalue weighted by atomic mass is 10.1. The second kappa shape index (κ2) is 4.70. The van der Waals surface area contributed by atoms with Crippen molar-refractivity contribution in [3.05, 3.63) is 41.0 Å². The van der Waals surface area contributed by atoms with E-state index < -0.39 is 0 Å². The van der Waals surface area contributed by atoms with Gasteiger partial charge in [-0.2, -0.15) is 5.10 Å². The van der Waals surface area contributed by atoms with Gasteiger partial charge in [-0.3, -0.25) is 0 Å². The number of aryl methyl sites for hydroxylation is 3. The SMILES string of the molecule is Cc1nc(CNC2CC2)n(-c2ccc3c(c2)CCC3)n1. The van der Waals surface area contributed by atoms with E-state index in [1.807, 2.05) is 11.6 Å². The predicted molar refractivity (Wildman–Crippen MR) is 78.0 cm³/mol. The molecule has 2 aliphatic carbocycles. The van der Waals surface area contributed by atoms with Crippen molar-refractivity contribution in [2.24, 2.45) is 0 Å². The molecule has 2 aliphatic rings. The monoisotopic (exact) mass is 268 g/mol. The fourth-order valence-electron chi connectivity index (χ4n) is 2.99. The van der Waals surface area contributed by atoms with E-state index in [2.05, 4.69) is 33.6 Å². The molecule has 4 heteroatoms. The molecule has 2 aromatic rings. The molecule has 0 spiro atoms. The van der Waals surface area contributed by atoms with Gasteiger partial charge in [0.2, 0.25) is 0 Å². The fourth-order valence-corrected chi connectivity index (χ4v) is 2.99. The minimum Gasteiger partial charge on any atom is -0.307 e. The van der Waals surface area contributed by atoms with Crippen molar-refractivity contribution < 1.29 is 0 Å². The molecule has 1 heterocycles. The Morgan fingerprint density at radius 3 is 2.95 bits per heavy atom. The molecule has 104 valence electrons. The number of fused-ring (bicyclic) bond motifs is 1. The summed E-state index contributed by atoms with van der Waals surface area (Å²) < 4.78 is 2.00. The number of aromatic nitrogens is 3. The molecule has 0 atom stereocenters. The van der Waals surface area contributed by atoms with Gasteiger partial charge in [-0.25, -0.2) is 9.67 Å². The Kier molecular flexibility index (Phi) is 2.84. The van der Waals surface area contributed by atoms with E-state index >= 15 is 0 Å². The highest BCUT2D eigenvalue weighted by atomic mass is 15.4. The third-order valence-corrected chi connectivity index (χ3v) is 4.23. The molecule has 0 saturated heterocycles. The topological polar surface area (TPSA) is 42.7 Å². The Bertz CT molecular complexity index is 640. The molecule has 1 aromatic carbocycles. The van der Waals surface area contributed by atoms with E-state index in [9.17, 15) is 0 Å². The molecule has 1 aromatic heterocycles. The molecule has 0 bridgehead atoms. The number of benzene rings is 1. The smallest absolute Gasteiger partial charge is 0.148 e. The minimum atomic E-state index is 0.695. The van der Waals surface area contributed by atoms with Gasteiger partial charge in [0.1, 0.15) is 11.6 Å². The van der Waals surface area contributed by atoms with E-state index in [4.69, 9.17) is 0 Å². The maximum atomic E-state index is 4.57. The van der Waals surface area contributed by atoms with Gasteiger partial charge in [-0.05, 0) is 62.3 Å². The fraction of sp³-hybridized carbons (Fsp3) is 0.500. The molecule has 1 N–H and O–H groups in total. The van der Waals surface area contributed by atoms with Gasteiger partial charge < -0.3 is 5.32 Å². The summed E-state index contributed by atoms with van der Waals surface area (Å²) in [5, 5.41) is 8.10. The van der Waals surface area contributed by atoms with E-state index in [0.717, 1.165) is 23.9 Å². The first-order valence-electron chi connectivity index (χ1n) is 7.58. The Morgan fingerprint density at radius 1 is 1.25 bits per heavy atom. The summed E-state index contributed by atoms with van der Waals surface area (Å²) in [6.45, 7) is 2.77. The van der Waals surface area contributed by atoms with Crippen LogP contribution in [0, 0.1) is 6.92 Å². The standard InChI is InChI=1S/C16H20N4/c1-11-18-16(10-17-14-6-7-14)20(19-11)15-8-5-12-3-2-4-13(12)9-15/h5,8-9,14,17H,2-4,6-7,10H2,1H3. The van der Waals surface area contributed by atoms with Crippen LogP contribution in [0.25, 0.3) is 5.69 Å². The van der Waals surface area contributed by atoms with Crippen LogP contribution in [0.2, 0.25) is 0 Å². The molecule has 0 aliphatic heterocycles. The zero-order valence-corrected chi connectivity index (χ0v) is 11.9. The maximum absolute atomic E-state index is 4.57. The van der Waals surface area contributed by atoms with Crippen molar-refractivity contribution in [3.63, 3.8) is 0 Å². The van der Waals surface area contributed by atoms with Crippen molar-refractivity contribution in [2.75, 3.05) is 0 Å². The van der Waals surface area contributed by atoms with Gasteiger partial charge in [0.05, 0.1) is 12.2 Å². The Balaban J connectivity index is 1.66. The molecule has 20 heavy (non-hydrogen) atoms. The van der Waals surface area contributed by atoms with Gasteiger partial charge in [0.15, 0.2) is 0 Å². The zero-order valence-electron chi connectivity index (χ0n) is 11.9. The Labute approximate surface area is 119 Å². The van der Waals surface area contributed by atoms with Crippen LogP contribution in [0.4, 0.5) is 0 Å². The van der Waals surface area contributed by atoms with Gasteiger partial charge in [-0.15, -0.1) is 0 Å². The lowest BCUT2D eigenvalue weighted by Crippen LogP contribution is -2.18. The summed E-state index contributed by atoms with van der Waals surface area (Å²) in [7, 11) is 0. The first-order valence-corrected chi connectivity index (χ1v) is 7.58. The van der Waals surface area contributed by atoms with E-state index in [0.29, 0.717) is 6.04 Å². The Hall–Kier alpha value is -1.68. The lowest BCUT2D eigenvalue weighted by molar-refractivity contribution is 0.637. The van der Waals surface area contributed by atoms with Crippen molar-refractivity contribution in [2.45, 2.75) is 51.6 Å². The number of rotatable bonds is 4. The summed E-state index contributed by atoms with van der Waals surface area (Å²) in [5.41, 5.74) is 4.14. The van der Waals surface area contributed by atoms with Crippen LogP contribution in [0.1, 0.15) is 42.0 Å². The van der Waals surface area contributed by atoms with Crippen LogP contribution in [-0.4, -0.2) is 20.8 Å². The van der Waals surface area contributed by atoms with Crippen LogP contribution >= 0.6 is 0 Å². The first kappa shape index (κ1) is 12.1. The van der Waals surface area contributed by atoms with E-state index in [-0.39, 0.29) is 0 Å². The third-order valence-electron chi connectivity index (χ3n) is 4.23. The van der Waals surface area contributed by atoms with Crippen LogP contribution in [0.3, 0.4) is 0 Å². The largest absolute Gasteiger partial charge is 0.307 e. The average Bonchev–Trinajstić information content (AvgIpc) is 3.03. The van der Waals surface area contributed by atoms with Crippen molar-refractivity contribution >= 4 is 0 Å². The highest BCUT2D eigenvalue weighted by Gasteiger charge is 2.21. The van der Waals surface area contributed by atoms with Gasteiger partial charge in [0, 0.05) is 6.04 Å². The van der Waals surface area contributed by atoms with Crippen molar-refractivity contribution in [1.29, 1.82) is 0 Å². The number of hydrogen-bond acceptors (Lipinski definition) is 3. The van der Waals surface area contributed by atoms with E-state index in [1.165, 1.54) is 43.2 Å². The molecule has 0 unspecified atom stereocenters. The van der Waals surface area contributed by atoms with E-state index in [1.54, 1.807) is 0 Å². The molecule has 4 rings (SSSR count). The summed E-state index contributed by atoms with van der Waals surface area (Å²) in [4.78, 5) is 4.57. The Morgan fingerprint density at radius 2 is 2.10 bits per heavy atom. The summed E-state index contributed by atoms with van der Waals surface area (Å²) in [6.07, 6.45) is 6.30. The van der Waals surface area contributed by atoms with Crippen molar-refractivity contribution in [3.8, 4) is 5.69 Å². The van der Waals surface area contributed by atoms with Gasteiger partial charge in [-0.1, -0.05) is 6.07 Å². The van der Waals surface area contributed by atoms with Crippen LogP contribution in [0.5, 0.6) is 0 Å². The molecular formula is C16H20N4. The van der Waals surface area contributed by atoms with Crippen LogP contribution in [0.15, 0.2) is 18.2 Å². The summed E-state index contributed by atoms with van der Waals surface area (Å²) in [6, 6.07) is 7.42. The molecule has 4 nitrogen and oxygen atoms in total. The normalized spacial score (nSPS) is 17.4. The van der Waals surface area contributed by atoms with Gasteiger partial charge >= 0.3 is 0 Å². The molecule has 1 fully saturated rings. The third kappa shape index (κ3) is 2.24. The zero-order chi connectivity index (χ0) is 13.5. The predicted octanol–water partition coefficient (Wildman–Crippen LogP) is 2.32. The summed E-state index contributed by atoms with van der Waals surface area (Å²) in [5.74, 6) is 1.87. The quantitative estimate of drug-likeness (QED) is 0.925. The minimum absolute atomic E-state index is 0.695. The highest BCUT2D eigenvalue weighted by Crippen LogP contribution is 2.25. The second-order valence-corrected chi connectivity index (χ2v) is 5.95. The molecule has 0 amide bonds. The average molecular weight is 268 g/mol. The molecule has 0 radical (unpaired) electrons. The van der Waals surface area contributed by atoms with Crippen LogP contribution in [-0.2, 0) is 19.4 Å².